The molecule has 0 aliphatic carbocycles. The molecule has 2 amide bonds. The molecule has 2 aromatic rings. The number of carbonyl (C=O) groups is 2. The van der Waals surface area contributed by atoms with Gasteiger partial charge in [0.1, 0.15) is 0 Å². The van der Waals surface area contributed by atoms with E-state index in [1.165, 1.54) is 0 Å². The summed E-state index contributed by atoms with van der Waals surface area (Å²) in [4.78, 5) is 24.7. The normalized spacial score (nSPS) is 11.1. The van der Waals surface area contributed by atoms with Crippen LogP contribution in [0.2, 0.25) is 5.02 Å². The molecule has 1 heterocycles. The molecule has 6 heteroatoms. The molecular weight excluding hydrogens is 332 g/mol. The van der Waals surface area contributed by atoms with E-state index in [4.69, 9.17) is 11.6 Å². The first-order chi connectivity index (χ1) is 11.0. The van der Waals surface area contributed by atoms with Gasteiger partial charge in [0.05, 0.1) is 6.54 Å². The van der Waals surface area contributed by atoms with Gasteiger partial charge in [0.2, 0.25) is 11.8 Å². The Morgan fingerprint density at radius 2 is 1.91 bits per heavy atom. The molecule has 4 nitrogen and oxygen atoms in total. The lowest BCUT2D eigenvalue weighted by Crippen LogP contribution is -2.36. The second-order valence-corrected chi connectivity index (χ2v) is 6.34. The molecule has 2 N–H and O–H groups in total. The van der Waals surface area contributed by atoms with Gasteiger partial charge in [0.15, 0.2) is 0 Å². The SMILES string of the molecule is C/C(=C\c1cccs1)C(=O)NCC(=O)NCc1ccc(Cl)cc1. The minimum Gasteiger partial charge on any atom is -0.350 e. The molecule has 0 bridgehead atoms. The Balaban J connectivity index is 1.75. The van der Waals surface area contributed by atoms with Crippen molar-refractivity contribution in [1.29, 1.82) is 0 Å². The number of halogens is 1. The Hall–Kier alpha value is -2.11. The Labute approximate surface area is 144 Å². The molecule has 1 aromatic heterocycles. The highest BCUT2D eigenvalue weighted by Gasteiger charge is 2.07. The van der Waals surface area contributed by atoms with Crippen LogP contribution in [0.1, 0.15) is 17.4 Å². The molecule has 0 aliphatic rings. The maximum Gasteiger partial charge on any atom is 0.247 e. The number of benzene rings is 1. The highest BCUT2D eigenvalue weighted by Crippen LogP contribution is 2.13. The van der Waals surface area contributed by atoms with Gasteiger partial charge in [-0.3, -0.25) is 9.59 Å². The van der Waals surface area contributed by atoms with Gasteiger partial charge in [0, 0.05) is 22.0 Å². The van der Waals surface area contributed by atoms with E-state index in [2.05, 4.69) is 10.6 Å². The molecule has 0 fully saturated rings. The number of carbonyl (C=O) groups excluding carboxylic acids is 2. The molecule has 0 aliphatic heterocycles. The van der Waals surface area contributed by atoms with Crippen LogP contribution in [0.15, 0.2) is 47.4 Å². The van der Waals surface area contributed by atoms with Crippen molar-refractivity contribution in [3.8, 4) is 0 Å². The molecule has 0 atom stereocenters. The van der Waals surface area contributed by atoms with Crippen molar-refractivity contribution < 1.29 is 9.59 Å². The maximum atomic E-state index is 11.9. The van der Waals surface area contributed by atoms with E-state index in [9.17, 15) is 9.59 Å². The van der Waals surface area contributed by atoms with Crippen LogP contribution in [0.25, 0.3) is 6.08 Å². The first-order valence-corrected chi connectivity index (χ1v) is 8.31. The van der Waals surface area contributed by atoms with Gasteiger partial charge in [-0.25, -0.2) is 0 Å². The van der Waals surface area contributed by atoms with Crippen LogP contribution in [0.4, 0.5) is 0 Å². The van der Waals surface area contributed by atoms with Gasteiger partial charge < -0.3 is 10.6 Å². The van der Waals surface area contributed by atoms with Crippen LogP contribution < -0.4 is 10.6 Å². The highest BCUT2D eigenvalue weighted by atomic mass is 35.5. The third kappa shape index (κ3) is 5.88. The van der Waals surface area contributed by atoms with Gasteiger partial charge in [-0.05, 0) is 42.1 Å². The number of thiophene rings is 1. The van der Waals surface area contributed by atoms with Crippen LogP contribution in [0, 0.1) is 0 Å². The molecule has 0 saturated heterocycles. The number of hydrogen-bond donors (Lipinski definition) is 2. The fourth-order valence-electron chi connectivity index (χ4n) is 1.82. The smallest absolute Gasteiger partial charge is 0.247 e. The topological polar surface area (TPSA) is 58.2 Å². The summed E-state index contributed by atoms with van der Waals surface area (Å²) in [6.45, 7) is 2.07. The lowest BCUT2D eigenvalue weighted by atomic mass is 10.2. The fourth-order valence-corrected chi connectivity index (χ4v) is 2.66. The molecule has 120 valence electrons. The largest absolute Gasteiger partial charge is 0.350 e. The highest BCUT2D eigenvalue weighted by molar-refractivity contribution is 7.10. The predicted molar refractivity (Wildman–Crippen MR) is 94.3 cm³/mol. The van der Waals surface area contributed by atoms with Gasteiger partial charge in [-0.1, -0.05) is 29.8 Å². The zero-order valence-corrected chi connectivity index (χ0v) is 14.2. The van der Waals surface area contributed by atoms with Crippen molar-refractivity contribution in [2.45, 2.75) is 13.5 Å². The summed E-state index contributed by atoms with van der Waals surface area (Å²) in [5, 5.41) is 7.95. The Kier molecular flexibility index (Phi) is 6.38. The second kappa shape index (κ2) is 8.50. The minimum atomic E-state index is -0.250. The average molecular weight is 349 g/mol. The standard InChI is InChI=1S/C17H17ClN2O2S/c1-12(9-15-3-2-8-23-15)17(22)20-11-16(21)19-10-13-4-6-14(18)7-5-13/h2-9H,10-11H2,1H3,(H,19,21)(H,20,22)/b12-9+. The Bertz CT molecular complexity index is 694. The summed E-state index contributed by atoms with van der Waals surface area (Å²) in [6.07, 6.45) is 1.80. The first-order valence-electron chi connectivity index (χ1n) is 7.06. The van der Waals surface area contributed by atoms with Crippen LogP contribution in [-0.2, 0) is 16.1 Å². The molecular formula is C17H17ClN2O2S. The van der Waals surface area contributed by atoms with E-state index in [-0.39, 0.29) is 18.4 Å². The monoisotopic (exact) mass is 348 g/mol. The van der Waals surface area contributed by atoms with Crippen LogP contribution >= 0.6 is 22.9 Å². The molecule has 0 saturated carbocycles. The van der Waals surface area contributed by atoms with Gasteiger partial charge >= 0.3 is 0 Å². The summed E-state index contributed by atoms with van der Waals surface area (Å²) in [5.74, 6) is -0.489. The summed E-state index contributed by atoms with van der Waals surface area (Å²) < 4.78 is 0. The zero-order valence-electron chi connectivity index (χ0n) is 12.6. The van der Waals surface area contributed by atoms with Crippen molar-refractivity contribution in [2.24, 2.45) is 0 Å². The van der Waals surface area contributed by atoms with Crippen molar-refractivity contribution >= 4 is 40.8 Å². The third-order valence-corrected chi connectivity index (χ3v) is 4.14. The summed E-state index contributed by atoms with van der Waals surface area (Å²) in [5.41, 5.74) is 1.51. The molecule has 0 unspecified atom stereocenters. The van der Waals surface area contributed by atoms with Gasteiger partial charge in [-0.2, -0.15) is 0 Å². The summed E-state index contributed by atoms with van der Waals surface area (Å²) in [7, 11) is 0. The molecule has 0 radical (unpaired) electrons. The first kappa shape index (κ1) is 17.2. The molecule has 0 spiro atoms. The van der Waals surface area contributed by atoms with Crippen LogP contribution in [0.5, 0.6) is 0 Å². The van der Waals surface area contributed by atoms with E-state index in [0.29, 0.717) is 17.1 Å². The summed E-state index contributed by atoms with van der Waals surface area (Å²) >= 11 is 7.35. The van der Waals surface area contributed by atoms with E-state index >= 15 is 0 Å². The average Bonchev–Trinajstić information content (AvgIpc) is 3.05. The third-order valence-electron chi connectivity index (χ3n) is 3.07. The maximum absolute atomic E-state index is 11.9. The lowest BCUT2D eigenvalue weighted by Gasteiger charge is -2.07. The minimum absolute atomic E-state index is 0.0535. The number of rotatable bonds is 6. The van der Waals surface area contributed by atoms with Crippen LogP contribution in [-0.4, -0.2) is 18.4 Å². The Morgan fingerprint density at radius 1 is 1.17 bits per heavy atom. The number of nitrogens with one attached hydrogen (secondary N) is 2. The zero-order chi connectivity index (χ0) is 16.7. The quantitative estimate of drug-likeness (QED) is 0.787. The van der Waals surface area contributed by atoms with Gasteiger partial charge in [0.25, 0.3) is 0 Å². The molecule has 1 aromatic carbocycles. The van der Waals surface area contributed by atoms with E-state index < -0.39 is 0 Å². The predicted octanol–water partition coefficient (Wildman–Crippen LogP) is 3.24. The summed E-state index contributed by atoms with van der Waals surface area (Å²) in [6, 6.07) is 11.1. The van der Waals surface area contributed by atoms with Crippen LogP contribution in [0.3, 0.4) is 0 Å². The van der Waals surface area contributed by atoms with Crippen molar-refractivity contribution in [2.75, 3.05) is 6.54 Å². The number of hydrogen-bond acceptors (Lipinski definition) is 3. The van der Waals surface area contributed by atoms with E-state index in [1.54, 1.807) is 36.5 Å². The van der Waals surface area contributed by atoms with Crippen molar-refractivity contribution in [3.05, 3.63) is 62.8 Å². The number of amides is 2. The van der Waals surface area contributed by atoms with E-state index in [0.717, 1.165) is 10.4 Å². The fraction of sp³-hybridized carbons (Fsp3) is 0.176. The second-order valence-electron chi connectivity index (χ2n) is 4.93. The molecule has 2 rings (SSSR count). The lowest BCUT2D eigenvalue weighted by molar-refractivity contribution is -0.124. The van der Waals surface area contributed by atoms with Crippen molar-refractivity contribution in [1.82, 2.24) is 10.6 Å². The van der Waals surface area contributed by atoms with Gasteiger partial charge in [-0.15, -0.1) is 11.3 Å². The van der Waals surface area contributed by atoms with E-state index in [1.807, 2.05) is 29.6 Å². The van der Waals surface area contributed by atoms with Crippen molar-refractivity contribution in [3.63, 3.8) is 0 Å². The molecule has 23 heavy (non-hydrogen) atoms. The Morgan fingerprint density at radius 3 is 2.57 bits per heavy atom.